The summed E-state index contributed by atoms with van der Waals surface area (Å²) in [7, 11) is 0. The van der Waals surface area contributed by atoms with E-state index in [-0.39, 0.29) is 12.4 Å². The largest absolute Gasteiger partial charge is 0.392 e. The predicted octanol–water partition coefficient (Wildman–Crippen LogP) is 5.26. The van der Waals surface area contributed by atoms with Crippen LogP contribution in [0.4, 0.5) is 0 Å². The number of hydrogen-bond donors (Lipinski definition) is 1. The highest BCUT2D eigenvalue weighted by Gasteiger charge is 2.26. The quantitative estimate of drug-likeness (QED) is 0.343. The van der Waals surface area contributed by atoms with Crippen molar-refractivity contribution >= 4 is 11.6 Å². The molecule has 0 aromatic heterocycles. The number of rotatable bonds is 14. The van der Waals surface area contributed by atoms with E-state index in [1.807, 2.05) is 0 Å². The molecule has 0 aromatic carbocycles. The van der Waals surface area contributed by atoms with Gasteiger partial charge in [0.1, 0.15) is 0 Å². The van der Waals surface area contributed by atoms with Gasteiger partial charge in [0.2, 0.25) is 11.6 Å². The Morgan fingerprint density at radius 2 is 1.72 bits per heavy atom. The Morgan fingerprint density at radius 3 is 2.36 bits per heavy atom. The van der Waals surface area contributed by atoms with E-state index in [4.69, 9.17) is 5.11 Å². The normalized spacial score (nSPS) is 21.7. The van der Waals surface area contributed by atoms with E-state index in [0.29, 0.717) is 6.42 Å². The predicted molar refractivity (Wildman–Crippen MR) is 103 cm³/mol. The van der Waals surface area contributed by atoms with Gasteiger partial charge in [-0.25, -0.2) is 0 Å². The van der Waals surface area contributed by atoms with Gasteiger partial charge in [-0.1, -0.05) is 77.7 Å². The number of ketones is 2. The summed E-state index contributed by atoms with van der Waals surface area (Å²) in [5, 5.41) is 8.64. The van der Waals surface area contributed by atoms with Crippen LogP contribution in [0.25, 0.3) is 0 Å². The highest BCUT2D eigenvalue weighted by molar-refractivity contribution is 6.41. The van der Waals surface area contributed by atoms with Gasteiger partial charge in [0.05, 0.1) is 6.61 Å². The maximum absolute atomic E-state index is 11.8. The van der Waals surface area contributed by atoms with Gasteiger partial charge in [-0.15, -0.1) is 0 Å². The molecule has 0 aliphatic heterocycles. The Bertz CT molecular complexity index is 413. The van der Waals surface area contributed by atoms with Gasteiger partial charge in [0.15, 0.2) is 0 Å². The molecule has 0 radical (unpaired) electrons. The monoisotopic (exact) mass is 350 g/mol. The number of unbranched alkanes of at least 4 members (excludes halogenated alkanes) is 1. The van der Waals surface area contributed by atoms with Gasteiger partial charge >= 0.3 is 0 Å². The summed E-state index contributed by atoms with van der Waals surface area (Å²) in [6.07, 6.45) is 16.8. The molecule has 1 N–H and O–H groups in total. The average molecular weight is 351 g/mol. The zero-order valence-electron chi connectivity index (χ0n) is 16.3. The first-order valence-electron chi connectivity index (χ1n) is 10.4. The van der Waals surface area contributed by atoms with Crippen molar-refractivity contribution in [1.82, 2.24) is 0 Å². The van der Waals surface area contributed by atoms with E-state index in [1.165, 1.54) is 69.9 Å². The van der Waals surface area contributed by atoms with E-state index >= 15 is 0 Å². The first kappa shape index (κ1) is 22.1. The van der Waals surface area contributed by atoms with Crippen molar-refractivity contribution in [3.8, 4) is 0 Å². The minimum absolute atomic E-state index is 0.195. The number of hydrogen-bond acceptors (Lipinski definition) is 3. The van der Waals surface area contributed by atoms with Crippen LogP contribution in [0.2, 0.25) is 0 Å². The van der Waals surface area contributed by atoms with E-state index in [0.717, 1.165) is 30.6 Å². The molecular formula is C22H38O3. The van der Waals surface area contributed by atoms with Crippen LogP contribution in [0.3, 0.4) is 0 Å². The zero-order valence-corrected chi connectivity index (χ0v) is 16.3. The average Bonchev–Trinajstić information content (AvgIpc) is 3.05. The minimum atomic E-state index is -0.474. The first-order chi connectivity index (χ1) is 12.1. The molecule has 3 nitrogen and oxygen atoms in total. The highest BCUT2D eigenvalue weighted by Crippen LogP contribution is 2.38. The fraction of sp³-hybridized carbons (Fsp3) is 0.818. The number of carbonyl (C=O) groups excluding carboxylic acids is 2. The molecule has 0 spiro atoms. The van der Waals surface area contributed by atoms with E-state index in [1.54, 1.807) is 0 Å². The molecule has 25 heavy (non-hydrogen) atoms. The van der Waals surface area contributed by atoms with Gasteiger partial charge in [-0.3, -0.25) is 9.59 Å². The van der Waals surface area contributed by atoms with Crippen molar-refractivity contribution in [2.24, 2.45) is 17.8 Å². The SMILES string of the molecule is CCCCC(C)CCC[C@H]1CCC[C@@H]1CCCC(=O)C(=O)/C=C/CO. The molecule has 0 heterocycles. The molecule has 1 fully saturated rings. The van der Waals surface area contributed by atoms with Crippen molar-refractivity contribution in [1.29, 1.82) is 0 Å². The summed E-state index contributed by atoms with van der Waals surface area (Å²) in [6.45, 7) is 4.45. The molecule has 0 amide bonds. The molecule has 1 aliphatic rings. The summed E-state index contributed by atoms with van der Waals surface area (Å²) in [5.41, 5.74) is 0. The lowest BCUT2D eigenvalue weighted by atomic mass is 9.85. The molecule has 1 saturated carbocycles. The lowest BCUT2D eigenvalue weighted by Gasteiger charge is -2.20. The summed E-state index contributed by atoms with van der Waals surface area (Å²) in [6, 6.07) is 0. The molecule has 0 aromatic rings. The van der Waals surface area contributed by atoms with Crippen LogP contribution < -0.4 is 0 Å². The van der Waals surface area contributed by atoms with Crippen molar-refractivity contribution < 1.29 is 14.7 Å². The molecule has 0 saturated heterocycles. The Kier molecular flexibility index (Phi) is 11.7. The first-order valence-corrected chi connectivity index (χ1v) is 10.4. The molecule has 3 atom stereocenters. The Hall–Kier alpha value is -0.960. The van der Waals surface area contributed by atoms with Gasteiger partial charge in [-0.2, -0.15) is 0 Å². The molecule has 0 bridgehead atoms. The molecule has 1 aliphatic carbocycles. The molecule has 144 valence electrons. The van der Waals surface area contributed by atoms with Crippen LogP contribution in [0, 0.1) is 17.8 Å². The van der Waals surface area contributed by atoms with Crippen LogP contribution in [0.15, 0.2) is 12.2 Å². The fourth-order valence-electron chi connectivity index (χ4n) is 4.20. The molecular weight excluding hydrogens is 312 g/mol. The summed E-state index contributed by atoms with van der Waals surface area (Å²) in [4.78, 5) is 23.3. The maximum atomic E-state index is 11.8. The van der Waals surface area contributed by atoms with Crippen molar-refractivity contribution in [2.45, 2.75) is 90.9 Å². The number of Topliss-reactive ketones (excluding diaryl/α,β-unsaturated/α-hetero) is 1. The minimum Gasteiger partial charge on any atom is -0.392 e. The van der Waals surface area contributed by atoms with Crippen LogP contribution in [0.5, 0.6) is 0 Å². The molecule has 3 heteroatoms. The lowest BCUT2D eigenvalue weighted by molar-refractivity contribution is -0.133. The number of aliphatic hydroxyl groups excluding tert-OH is 1. The Morgan fingerprint density at radius 1 is 1.08 bits per heavy atom. The van der Waals surface area contributed by atoms with Crippen LogP contribution >= 0.6 is 0 Å². The van der Waals surface area contributed by atoms with Gasteiger partial charge in [-0.05, 0) is 36.7 Å². The third-order valence-corrected chi connectivity index (χ3v) is 5.77. The lowest BCUT2D eigenvalue weighted by Crippen LogP contribution is -2.13. The Balaban J connectivity index is 2.21. The second kappa shape index (κ2) is 13.3. The van der Waals surface area contributed by atoms with Gasteiger partial charge < -0.3 is 5.11 Å². The second-order valence-corrected chi connectivity index (χ2v) is 7.89. The number of aliphatic hydroxyl groups is 1. The second-order valence-electron chi connectivity index (χ2n) is 7.89. The summed E-state index contributed by atoms with van der Waals surface area (Å²) in [5.74, 6) is 1.65. The maximum Gasteiger partial charge on any atom is 0.221 e. The van der Waals surface area contributed by atoms with Gasteiger partial charge in [0.25, 0.3) is 0 Å². The van der Waals surface area contributed by atoms with E-state index in [2.05, 4.69) is 13.8 Å². The third kappa shape index (κ3) is 9.34. The van der Waals surface area contributed by atoms with Crippen LogP contribution in [0.1, 0.15) is 90.9 Å². The molecule has 1 unspecified atom stereocenters. The van der Waals surface area contributed by atoms with Crippen molar-refractivity contribution in [3.05, 3.63) is 12.2 Å². The smallest absolute Gasteiger partial charge is 0.221 e. The number of carbonyl (C=O) groups is 2. The highest BCUT2D eigenvalue weighted by atomic mass is 16.2. The topological polar surface area (TPSA) is 54.4 Å². The summed E-state index contributed by atoms with van der Waals surface area (Å²) < 4.78 is 0. The standard InChI is InChI=1S/C22H38O3/c1-3-4-9-18(2)10-5-11-19-12-6-13-20(19)14-7-15-21(24)22(25)16-8-17-23/h8,16,18-20,23H,3-7,9-15,17H2,1-2H3/b16-8+/t18?,19-,20+/m0/s1. The number of allylic oxidation sites excluding steroid dienone is 1. The van der Waals surface area contributed by atoms with Crippen LogP contribution in [-0.4, -0.2) is 23.3 Å². The fourth-order valence-corrected chi connectivity index (χ4v) is 4.20. The van der Waals surface area contributed by atoms with E-state index < -0.39 is 5.78 Å². The van der Waals surface area contributed by atoms with Gasteiger partial charge in [0, 0.05) is 6.42 Å². The van der Waals surface area contributed by atoms with Crippen molar-refractivity contribution in [3.63, 3.8) is 0 Å². The zero-order chi connectivity index (χ0) is 18.5. The Labute approximate surface area is 154 Å². The molecule has 1 rings (SSSR count). The van der Waals surface area contributed by atoms with Crippen molar-refractivity contribution in [2.75, 3.05) is 6.61 Å². The summed E-state index contributed by atoms with van der Waals surface area (Å²) >= 11 is 0. The van der Waals surface area contributed by atoms with Crippen LogP contribution in [-0.2, 0) is 9.59 Å². The third-order valence-electron chi connectivity index (χ3n) is 5.77. The van der Waals surface area contributed by atoms with E-state index in [9.17, 15) is 9.59 Å².